The van der Waals surface area contributed by atoms with Crippen molar-refractivity contribution in [2.45, 2.75) is 124 Å². The Hall–Kier alpha value is -1.49. The van der Waals surface area contributed by atoms with E-state index < -0.39 is 32.7 Å². The fourth-order valence-corrected chi connectivity index (χ4v) is 10.8. The van der Waals surface area contributed by atoms with E-state index >= 15 is 0 Å². The predicted molar refractivity (Wildman–Crippen MR) is 191 cm³/mol. The summed E-state index contributed by atoms with van der Waals surface area (Å²) in [6, 6.07) is 0. The van der Waals surface area contributed by atoms with Crippen LogP contribution in [0.3, 0.4) is 0 Å². The van der Waals surface area contributed by atoms with Gasteiger partial charge >= 0.3 is 19.9 Å². The average Bonchev–Trinajstić information content (AvgIpc) is 3.35. The van der Waals surface area contributed by atoms with Crippen LogP contribution >= 0.6 is 7.82 Å². The zero-order valence-corrected chi connectivity index (χ0v) is 33.3. The highest BCUT2D eigenvalue weighted by molar-refractivity contribution is 7.47. The molecule has 0 aliphatic heterocycles. The minimum absolute atomic E-state index is 0. The Morgan fingerprint density at radius 1 is 1.00 bits per heavy atom. The van der Waals surface area contributed by atoms with Crippen LogP contribution in [0.15, 0.2) is 11.6 Å². The number of carbonyl (C=O) groups excluding carboxylic acids is 2. The molecule has 290 valence electrons. The molecule has 4 rings (SSSR count). The largest absolute Gasteiger partial charge is 0.870 e. The summed E-state index contributed by atoms with van der Waals surface area (Å²) in [5.74, 6) is 4.00. The maximum Gasteiger partial charge on any atom is 0.508 e. The Morgan fingerprint density at radius 2 is 1.72 bits per heavy atom. The Labute approximate surface area is 301 Å². The summed E-state index contributed by atoms with van der Waals surface area (Å²) in [6.07, 6.45) is 13.3. The van der Waals surface area contributed by atoms with Gasteiger partial charge in [-0.05, 0) is 91.3 Å². The molecule has 0 aromatic carbocycles. The van der Waals surface area contributed by atoms with Crippen molar-refractivity contribution < 1.29 is 52.3 Å². The SMILES string of the molecule is CC(=O)OC(COC(=O)OC1CC[C@@]2(C)C(=CC[C@H]3[C@@H]4CC[C@H]([C@H](C)CCCC(C)C)[C@@]4(C)CC[C@@H]32)C1)COP(=O)(O)OCC[N+](C)(C)C.[OH-]. The van der Waals surface area contributed by atoms with Crippen LogP contribution in [0.25, 0.3) is 0 Å². The molecule has 4 aliphatic carbocycles. The monoisotopic (exact) mass is 729 g/mol. The van der Waals surface area contributed by atoms with Gasteiger partial charge in [-0.15, -0.1) is 0 Å². The first-order chi connectivity index (χ1) is 22.8. The number of carbonyl (C=O) groups is 2. The van der Waals surface area contributed by atoms with Crippen molar-refractivity contribution in [3.05, 3.63) is 11.6 Å². The van der Waals surface area contributed by atoms with E-state index in [1.807, 2.05) is 21.1 Å². The van der Waals surface area contributed by atoms with Gasteiger partial charge in [0.25, 0.3) is 0 Å². The fraction of sp³-hybridized carbons (Fsp3) is 0.895. The second-order valence-corrected chi connectivity index (χ2v) is 19.1. The maximum atomic E-state index is 12.8. The Balaban J connectivity index is 0.00000676. The fourth-order valence-electron chi connectivity index (χ4n) is 10.1. The van der Waals surface area contributed by atoms with E-state index in [9.17, 15) is 19.0 Å². The lowest BCUT2D eigenvalue weighted by molar-refractivity contribution is -0.870. The van der Waals surface area contributed by atoms with Crippen molar-refractivity contribution >= 4 is 19.9 Å². The van der Waals surface area contributed by atoms with Crippen LogP contribution in [0, 0.1) is 46.3 Å². The van der Waals surface area contributed by atoms with Crippen LogP contribution in [0.4, 0.5) is 4.79 Å². The molecule has 3 saturated carbocycles. The number of phosphoric ester groups is 1. The number of nitrogens with zero attached hydrogens (tertiary/aromatic N) is 1. The number of hydrogen-bond donors (Lipinski definition) is 1. The summed E-state index contributed by atoms with van der Waals surface area (Å²) in [5, 5.41) is 0. The van der Waals surface area contributed by atoms with Gasteiger partial charge < -0.3 is 29.1 Å². The third-order valence-corrected chi connectivity index (χ3v) is 13.7. The smallest absolute Gasteiger partial charge is 0.508 e. The zero-order valence-electron chi connectivity index (χ0n) is 32.4. The molecule has 0 aromatic heterocycles. The summed E-state index contributed by atoms with van der Waals surface area (Å²) in [4.78, 5) is 34.5. The molecule has 3 fully saturated rings. The van der Waals surface area contributed by atoms with E-state index in [4.69, 9.17) is 23.3 Å². The highest BCUT2D eigenvalue weighted by atomic mass is 31.2. The second kappa shape index (κ2) is 17.6. The van der Waals surface area contributed by atoms with E-state index in [2.05, 4.69) is 40.7 Å². The summed E-state index contributed by atoms with van der Waals surface area (Å²) < 4.78 is 39.2. The molecule has 12 heteroatoms. The minimum Gasteiger partial charge on any atom is -0.870 e. The van der Waals surface area contributed by atoms with Crippen LogP contribution in [-0.4, -0.2) is 86.7 Å². The van der Waals surface area contributed by atoms with Crippen molar-refractivity contribution in [1.82, 2.24) is 0 Å². The molecule has 50 heavy (non-hydrogen) atoms. The van der Waals surface area contributed by atoms with Gasteiger partial charge in [0.15, 0.2) is 6.10 Å². The molecular formula is C38H68NO10P. The average molecular weight is 730 g/mol. The number of allylic oxidation sites excluding steroid dienone is 1. The van der Waals surface area contributed by atoms with Gasteiger partial charge in [-0.3, -0.25) is 13.8 Å². The summed E-state index contributed by atoms with van der Waals surface area (Å²) in [5.41, 5.74) is 2.01. The molecule has 0 heterocycles. The van der Waals surface area contributed by atoms with Crippen LogP contribution in [0.2, 0.25) is 0 Å². The van der Waals surface area contributed by atoms with Gasteiger partial charge in [-0.25, -0.2) is 9.36 Å². The van der Waals surface area contributed by atoms with Crippen LogP contribution in [0.1, 0.15) is 112 Å². The van der Waals surface area contributed by atoms with E-state index in [1.165, 1.54) is 57.4 Å². The van der Waals surface area contributed by atoms with Gasteiger partial charge in [0.1, 0.15) is 25.9 Å². The third-order valence-electron chi connectivity index (χ3n) is 12.7. The number of quaternary nitrogens is 1. The Morgan fingerprint density at radius 3 is 2.38 bits per heavy atom. The van der Waals surface area contributed by atoms with E-state index in [1.54, 1.807) is 0 Å². The summed E-state index contributed by atoms with van der Waals surface area (Å²) in [7, 11) is 1.40. The van der Waals surface area contributed by atoms with Crippen molar-refractivity contribution in [1.29, 1.82) is 0 Å². The van der Waals surface area contributed by atoms with Gasteiger partial charge in [0.2, 0.25) is 0 Å². The Bertz CT molecular complexity index is 1220. The first-order valence-corrected chi connectivity index (χ1v) is 20.4. The topological polar surface area (TPSA) is 148 Å². The van der Waals surface area contributed by atoms with Gasteiger partial charge in [-0.1, -0.05) is 65.5 Å². The van der Waals surface area contributed by atoms with Crippen molar-refractivity contribution in [3.63, 3.8) is 0 Å². The van der Waals surface area contributed by atoms with Crippen molar-refractivity contribution in [3.8, 4) is 0 Å². The standard InChI is InChI=1S/C38H66NO9P.H2O/c1-26(2)11-10-12-27(3)33-15-16-34-32-14-13-29-23-30(17-19-37(29,5)35(32)18-20-38(33,34)6)48-36(41)44-24-31(47-28(4)40)25-46-49(42,43)45-22-21-39(7,8)9;/h13,26-27,30-35H,10-12,14-25H2,1-9H3;1H2/t27-,30?,31?,32+,33-,34+,35+,37+,38-;/m1./s1. The lowest BCUT2D eigenvalue weighted by atomic mass is 9.47. The lowest BCUT2D eigenvalue weighted by Crippen LogP contribution is -2.51. The van der Waals surface area contributed by atoms with E-state index in [-0.39, 0.29) is 30.2 Å². The zero-order chi connectivity index (χ0) is 36.2. The quantitative estimate of drug-likeness (QED) is 0.0714. The van der Waals surface area contributed by atoms with Gasteiger partial charge in [0, 0.05) is 13.3 Å². The summed E-state index contributed by atoms with van der Waals surface area (Å²) in [6.45, 7) is 13.2. The molecular weight excluding hydrogens is 661 g/mol. The first-order valence-electron chi connectivity index (χ1n) is 19.0. The molecule has 4 aliphatic rings. The molecule has 3 unspecified atom stereocenters. The predicted octanol–water partition coefficient (Wildman–Crippen LogP) is 8.14. The number of phosphoric acid groups is 1. The number of fused-ring (bicyclic) bond motifs is 5. The highest BCUT2D eigenvalue weighted by Gasteiger charge is 2.59. The number of rotatable bonds is 16. The molecule has 0 bridgehead atoms. The molecule has 0 aromatic rings. The minimum atomic E-state index is -4.39. The molecule has 10 atom stereocenters. The van der Waals surface area contributed by atoms with E-state index in [0.29, 0.717) is 28.8 Å². The molecule has 0 radical (unpaired) electrons. The lowest BCUT2D eigenvalue weighted by Gasteiger charge is -2.58. The normalized spacial score (nSPS) is 33.0. The van der Waals surface area contributed by atoms with Crippen LogP contribution < -0.4 is 0 Å². The molecule has 2 N–H and O–H groups in total. The van der Waals surface area contributed by atoms with Crippen LogP contribution in [0.5, 0.6) is 0 Å². The van der Waals surface area contributed by atoms with Gasteiger partial charge in [-0.2, -0.15) is 0 Å². The van der Waals surface area contributed by atoms with Crippen molar-refractivity contribution in [2.75, 3.05) is 47.5 Å². The molecule has 11 nitrogen and oxygen atoms in total. The Kier molecular flexibility index (Phi) is 15.1. The summed E-state index contributed by atoms with van der Waals surface area (Å²) >= 11 is 0. The second-order valence-electron chi connectivity index (χ2n) is 17.7. The number of likely N-dealkylation sites (N-methyl/N-ethyl adjacent to an activating group) is 1. The van der Waals surface area contributed by atoms with Crippen LogP contribution in [-0.2, 0) is 32.6 Å². The number of hydrogen-bond acceptors (Lipinski definition) is 9. The van der Waals surface area contributed by atoms with Crippen molar-refractivity contribution in [2.24, 2.45) is 46.3 Å². The molecule has 0 saturated heterocycles. The highest BCUT2D eigenvalue weighted by Crippen LogP contribution is 2.67. The van der Waals surface area contributed by atoms with E-state index in [0.717, 1.165) is 48.9 Å². The number of ether oxygens (including phenoxy) is 3. The third kappa shape index (κ3) is 11.0. The van der Waals surface area contributed by atoms with Gasteiger partial charge in [0.05, 0.1) is 27.7 Å². The molecule has 0 amide bonds. The first kappa shape index (κ1) is 42.9. The molecule has 0 spiro atoms. The maximum absolute atomic E-state index is 12.8. The number of esters is 1.